The van der Waals surface area contributed by atoms with Crippen LogP contribution in [-0.4, -0.2) is 0 Å². The van der Waals surface area contributed by atoms with Gasteiger partial charge in [-0.25, -0.2) is 0 Å². The van der Waals surface area contributed by atoms with Crippen LogP contribution in [0.3, 0.4) is 0 Å². The van der Waals surface area contributed by atoms with E-state index >= 15 is 0 Å². The average Bonchev–Trinajstić information content (AvgIpc) is 1.98. The molecule has 3 unspecified atom stereocenters. The molecule has 0 fully saturated rings. The molecule has 3 atom stereocenters. The molecule has 1 aromatic rings. The first-order chi connectivity index (χ1) is 5.84. The smallest absolute Gasteiger partial charge is 0.0125 e. The molecule has 13 heavy (non-hydrogen) atoms. The van der Waals surface area contributed by atoms with E-state index in [1.54, 1.807) is 0 Å². The van der Waals surface area contributed by atoms with E-state index < -0.39 is 0 Å². The Morgan fingerprint density at radius 2 is 1.46 bits per heavy atom. The maximum atomic E-state index is 2.83. The maximum absolute atomic E-state index is 2.83. The molecule has 0 aliphatic carbocycles. The van der Waals surface area contributed by atoms with Crippen LogP contribution in [0.15, 0.2) is 12.1 Å². The van der Waals surface area contributed by atoms with Crippen molar-refractivity contribution in [2.75, 3.05) is 0 Å². The normalized spacial score (nSPS) is 11.8. The van der Waals surface area contributed by atoms with Gasteiger partial charge in [0.15, 0.2) is 0 Å². The Bertz CT molecular complexity index is 324. The molecular weight excluding hydrogens is 213 g/mol. The molecule has 0 aliphatic heterocycles. The predicted molar refractivity (Wildman–Crippen MR) is 73.2 cm³/mol. The zero-order valence-corrected chi connectivity index (χ0v) is 11.9. The van der Waals surface area contributed by atoms with Crippen LogP contribution in [0.5, 0.6) is 0 Å². The molecule has 1 rings (SSSR count). The van der Waals surface area contributed by atoms with Gasteiger partial charge in [-0.3, -0.25) is 0 Å². The summed E-state index contributed by atoms with van der Waals surface area (Å²) in [6, 6.07) is 4.36. The largest absolute Gasteiger partial charge is 0.105 e. The van der Waals surface area contributed by atoms with Crippen LogP contribution in [0.4, 0.5) is 0 Å². The van der Waals surface area contributed by atoms with Gasteiger partial charge >= 0.3 is 0 Å². The summed E-state index contributed by atoms with van der Waals surface area (Å²) in [4.78, 5) is 0. The second kappa shape index (κ2) is 3.94. The lowest BCUT2D eigenvalue weighted by molar-refractivity contribution is 0.595. The van der Waals surface area contributed by atoms with Gasteiger partial charge in [0.2, 0.25) is 0 Å². The number of hydrogen-bond donors (Lipinski definition) is 0. The Kier molecular flexibility index (Phi) is 3.51. The van der Waals surface area contributed by atoms with Crippen LogP contribution in [0, 0.1) is 0 Å². The highest BCUT2D eigenvalue weighted by molar-refractivity contribution is 7.40. The van der Waals surface area contributed by atoms with Gasteiger partial charge in [-0.15, -0.1) is 27.7 Å². The van der Waals surface area contributed by atoms with Crippen molar-refractivity contribution in [3.8, 4) is 0 Å². The summed E-state index contributed by atoms with van der Waals surface area (Å²) in [6.07, 6.45) is 0. The van der Waals surface area contributed by atoms with Gasteiger partial charge in [-0.2, -0.15) is 0 Å². The van der Waals surface area contributed by atoms with Gasteiger partial charge in [-0.05, 0) is 26.9 Å². The van der Waals surface area contributed by atoms with Gasteiger partial charge < -0.3 is 0 Å². The van der Waals surface area contributed by atoms with E-state index in [0.717, 1.165) is 0 Å². The molecule has 3 heteroatoms. The van der Waals surface area contributed by atoms with Crippen LogP contribution in [-0.2, 0) is 5.41 Å². The topological polar surface area (TPSA) is 0 Å². The molecule has 1 aromatic carbocycles. The molecular formula is C10H17P3. The molecule has 0 aromatic heterocycles. The van der Waals surface area contributed by atoms with Gasteiger partial charge in [-0.1, -0.05) is 32.9 Å². The summed E-state index contributed by atoms with van der Waals surface area (Å²) in [7, 11) is 8.38. The molecule has 0 radical (unpaired) electrons. The fourth-order valence-corrected chi connectivity index (χ4v) is 2.67. The highest BCUT2D eigenvalue weighted by atomic mass is 31.0. The van der Waals surface area contributed by atoms with Crippen molar-refractivity contribution in [3.63, 3.8) is 0 Å². The van der Waals surface area contributed by atoms with E-state index in [9.17, 15) is 0 Å². The van der Waals surface area contributed by atoms with Crippen LogP contribution < -0.4 is 15.9 Å². The number of hydrogen-bond acceptors (Lipinski definition) is 0. The quantitative estimate of drug-likeness (QED) is 0.592. The van der Waals surface area contributed by atoms with Crippen LogP contribution in [0.25, 0.3) is 0 Å². The molecule has 0 bridgehead atoms. The van der Waals surface area contributed by atoms with Crippen LogP contribution in [0.2, 0.25) is 0 Å². The molecule has 0 amide bonds. The predicted octanol–water partition coefficient (Wildman–Crippen LogP) is 1.49. The molecule has 0 heterocycles. The van der Waals surface area contributed by atoms with E-state index in [0.29, 0.717) is 0 Å². The van der Waals surface area contributed by atoms with Crippen molar-refractivity contribution >= 4 is 43.6 Å². The summed E-state index contributed by atoms with van der Waals surface area (Å²) in [5, 5.41) is 3.84. The fourth-order valence-electron chi connectivity index (χ4n) is 1.31. The second-order valence-corrected chi connectivity index (χ2v) is 6.06. The summed E-state index contributed by atoms with van der Waals surface area (Å²) in [5.74, 6) is 0. The van der Waals surface area contributed by atoms with Crippen molar-refractivity contribution in [3.05, 3.63) is 17.7 Å². The van der Waals surface area contributed by atoms with Gasteiger partial charge in [0, 0.05) is 0 Å². The first kappa shape index (κ1) is 11.6. The van der Waals surface area contributed by atoms with Gasteiger partial charge in [0.1, 0.15) is 0 Å². The lowest BCUT2D eigenvalue weighted by atomic mass is 9.87. The molecule has 0 nitrogen and oxygen atoms in total. The zero-order valence-electron chi connectivity index (χ0n) is 8.39. The standard InChI is InChI=1S/C10H17P3/c1-10(2,3)6-4-5-7(11)9(13)8(6)12/h4-5H,11-13H2,1-3H3. The minimum atomic E-state index is 0.223. The van der Waals surface area contributed by atoms with E-state index in [2.05, 4.69) is 60.6 Å². The average molecular weight is 230 g/mol. The third-order valence-electron chi connectivity index (χ3n) is 2.13. The van der Waals surface area contributed by atoms with E-state index in [1.807, 2.05) is 0 Å². The van der Waals surface area contributed by atoms with E-state index in [-0.39, 0.29) is 5.41 Å². The minimum Gasteiger partial charge on any atom is -0.105 e. The monoisotopic (exact) mass is 230 g/mol. The molecule has 0 saturated heterocycles. The zero-order chi connectivity index (χ0) is 10.2. The third kappa shape index (κ3) is 2.50. The SMILES string of the molecule is CC(C)(C)c1ccc(P)c(P)c1P. The Morgan fingerprint density at radius 1 is 0.923 bits per heavy atom. The van der Waals surface area contributed by atoms with Crippen molar-refractivity contribution in [2.45, 2.75) is 26.2 Å². The summed E-state index contributed by atoms with van der Waals surface area (Å²) in [6.45, 7) is 6.72. The highest BCUT2D eigenvalue weighted by Gasteiger charge is 2.17. The Labute approximate surface area is 87.9 Å². The van der Waals surface area contributed by atoms with E-state index in [4.69, 9.17) is 0 Å². The Balaban J connectivity index is 3.35. The Hall–Kier alpha value is 0.510. The first-order valence-corrected chi connectivity index (χ1v) is 6.01. The summed E-state index contributed by atoms with van der Waals surface area (Å²) in [5.41, 5.74) is 1.62. The van der Waals surface area contributed by atoms with Gasteiger partial charge in [0.25, 0.3) is 0 Å². The first-order valence-electron chi connectivity index (χ1n) is 4.28. The third-order valence-corrected chi connectivity index (χ3v) is 4.57. The van der Waals surface area contributed by atoms with Crippen molar-refractivity contribution in [1.29, 1.82) is 0 Å². The molecule has 0 aliphatic rings. The maximum Gasteiger partial charge on any atom is -0.0125 e. The van der Waals surface area contributed by atoms with E-state index in [1.165, 1.54) is 21.5 Å². The van der Waals surface area contributed by atoms with Crippen LogP contribution in [0.1, 0.15) is 26.3 Å². The van der Waals surface area contributed by atoms with Gasteiger partial charge in [0.05, 0.1) is 0 Å². The minimum absolute atomic E-state index is 0.223. The molecule has 72 valence electrons. The van der Waals surface area contributed by atoms with Crippen molar-refractivity contribution in [1.82, 2.24) is 0 Å². The second-order valence-electron chi connectivity index (χ2n) is 4.28. The molecule has 0 spiro atoms. The lowest BCUT2D eigenvalue weighted by Crippen LogP contribution is -2.31. The number of rotatable bonds is 0. The fraction of sp³-hybridized carbons (Fsp3) is 0.400. The summed E-state index contributed by atoms with van der Waals surface area (Å²) >= 11 is 0. The Morgan fingerprint density at radius 3 is 1.92 bits per heavy atom. The van der Waals surface area contributed by atoms with Crippen molar-refractivity contribution in [2.24, 2.45) is 0 Å². The lowest BCUT2D eigenvalue weighted by Gasteiger charge is -2.23. The molecule has 0 saturated carbocycles. The summed E-state index contributed by atoms with van der Waals surface area (Å²) < 4.78 is 0. The van der Waals surface area contributed by atoms with Crippen molar-refractivity contribution < 1.29 is 0 Å². The van der Waals surface area contributed by atoms with Crippen LogP contribution >= 0.6 is 27.7 Å². The number of benzene rings is 1. The highest BCUT2D eigenvalue weighted by Crippen LogP contribution is 2.21. The molecule has 0 N–H and O–H groups in total.